The third-order valence-electron chi connectivity index (χ3n) is 2.08. The molecule has 0 radical (unpaired) electrons. The van der Waals surface area contributed by atoms with Crippen molar-refractivity contribution in [1.82, 2.24) is 0 Å². The Morgan fingerprint density at radius 2 is 1.86 bits per heavy atom. The maximum atomic E-state index is 5.23. The number of hydrogen-bond donors (Lipinski definition) is 1. The molecule has 0 fully saturated rings. The van der Waals surface area contributed by atoms with Crippen LogP contribution in [0.2, 0.25) is 0 Å². The SMILES string of the molecule is S=C1C=CC=CC1Nc1ccccc1. The molecule has 0 bridgehead atoms. The molecule has 1 aliphatic carbocycles. The van der Waals surface area contributed by atoms with E-state index in [4.69, 9.17) is 12.2 Å². The molecule has 1 aromatic rings. The lowest BCUT2D eigenvalue weighted by molar-refractivity contribution is 1.18. The quantitative estimate of drug-likeness (QED) is 0.738. The predicted octanol–water partition coefficient (Wildman–Crippen LogP) is 2.96. The molecule has 70 valence electrons. The number of anilines is 1. The molecule has 0 saturated carbocycles. The Morgan fingerprint density at radius 3 is 2.57 bits per heavy atom. The van der Waals surface area contributed by atoms with E-state index in [0.717, 1.165) is 10.6 Å². The Bertz CT molecular complexity index is 379. The molecule has 1 nitrogen and oxygen atoms in total. The lowest BCUT2D eigenvalue weighted by Crippen LogP contribution is -2.25. The highest BCUT2D eigenvalue weighted by molar-refractivity contribution is 7.81. The highest BCUT2D eigenvalue weighted by Crippen LogP contribution is 2.11. The first-order chi connectivity index (χ1) is 6.86. The van der Waals surface area contributed by atoms with E-state index in [0.29, 0.717) is 0 Å². The number of thiocarbonyl (C=S) groups is 1. The molecule has 1 atom stereocenters. The van der Waals surface area contributed by atoms with Crippen LogP contribution in [0.25, 0.3) is 0 Å². The van der Waals surface area contributed by atoms with Crippen molar-refractivity contribution in [3.05, 3.63) is 54.6 Å². The first-order valence-corrected chi connectivity index (χ1v) is 4.97. The van der Waals surface area contributed by atoms with Crippen molar-refractivity contribution >= 4 is 22.8 Å². The summed E-state index contributed by atoms with van der Waals surface area (Å²) >= 11 is 5.23. The Kier molecular flexibility index (Phi) is 2.75. The van der Waals surface area contributed by atoms with Gasteiger partial charge < -0.3 is 5.32 Å². The van der Waals surface area contributed by atoms with Crippen molar-refractivity contribution < 1.29 is 0 Å². The van der Waals surface area contributed by atoms with Crippen LogP contribution in [0.1, 0.15) is 0 Å². The van der Waals surface area contributed by atoms with Gasteiger partial charge in [-0.15, -0.1) is 0 Å². The molecule has 2 heteroatoms. The molecule has 0 heterocycles. The first kappa shape index (κ1) is 9.16. The Balaban J connectivity index is 2.09. The topological polar surface area (TPSA) is 12.0 Å². The molecule has 0 amide bonds. The highest BCUT2D eigenvalue weighted by atomic mass is 32.1. The van der Waals surface area contributed by atoms with E-state index in [1.165, 1.54) is 0 Å². The van der Waals surface area contributed by atoms with E-state index in [1.807, 2.05) is 48.6 Å². The van der Waals surface area contributed by atoms with Gasteiger partial charge in [0, 0.05) is 10.6 Å². The third kappa shape index (κ3) is 2.09. The van der Waals surface area contributed by atoms with Crippen molar-refractivity contribution in [2.75, 3.05) is 5.32 Å². The average Bonchev–Trinajstić information content (AvgIpc) is 2.23. The summed E-state index contributed by atoms with van der Waals surface area (Å²) in [6.07, 6.45) is 7.99. The van der Waals surface area contributed by atoms with Crippen molar-refractivity contribution in [2.24, 2.45) is 0 Å². The summed E-state index contributed by atoms with van der Waals surface area (Å²) in [5.74, 6) is 0. The second-order valence-electron chi connectivity index (χ2n) is 3.13. The fraction of sp³-hybridized carbons (Fsp3) is 0.0833. The van der Waals surface area contributed by atoms with Gasteiger partial charge in [0.1, 0.15) is 0 Å². The van der Waals surface area contributed by atoms with E-state index in [1.54, 1.807) is 0 Å². The zero-order valence-corrected chi connectivity index (χ0v) is 8.50. The normalized spacial score (nSPS) is 19.7. The molecule has 1 N–H and O–H groups in total. The van der Waals surface area contributed by atoms with Crippen LogP contribution in [0.5, 0.6) is 0 Å². The molecule has 0 saturated heterocycles. The van der Waals surface area contributed by atoms with E-state index < -0.39 is 0 Å². The molecule has 0 aromatic heterocycles. The smallest absolute Gasteiger partial charge is 0.0802 e. The lowest BCUT2D eigenvalue weighted by atomic mass is 10.1. The van der Waals surface area contributed by atoms with Crippen molar-refractivity contribution in [1.29, 1.82) is 0 Å². The Morgan fingerprint density at radius 1 is 1.07 bits per heavy atom. The lowest BCUT2D eigenvalue weighted by Gasteiger charge is -2.17. The van der Waals surface area contributed by atoms with Gasteiger partial charge in [0.15, 0.2) is 0 Å². The van der Waals surface area contributed by atoms with Gasteiger partial charge in [-0.25, -0.2) is 0 Å². The molecule has 1 aliphatic rings. The zero-order chi connectivity index (χ0) is 9.80. The maximum Gasteiger partial charge on any atom is 0.0802 e. The summed E-state index contributed by atoms with van der Waals surface area (Å²) < 4.78 is 0. The number of allylic oxidation sites excluding steroid dienone is 2. The van der Waals surface area contributed by atoms with E-state index in [-0.39, 0.29) is 6.04 Å². The van der Waals surface area contributed by atoms with Crippen LogP contribution in [0.4, 0.5) is 5.69 Å². The monoisotopic (exact) mass is 201 g/mol. The van der Waals surface area contributed by atoms with Gasteiger partial charge in [-0.05, 0) is 18.2 Å². The molecular weight excluding hydrogens is 190 g/mol. The molecule has 1 unspecified atom stereocenters. The second kappa shape index (κ2) is 4.20. The molecular formula is C12H11NS. The number of hydrogen-bond acceptors (Lipinski definition) is 2. The first-order valence-electron chi connectivity index (χ1n) is 4.56. The van der Waals surface area contributed by atoms with Crippen LogP contribution in [0.3, 0.4) is 0 Å². The largest absolute Gasteiger partial charge is 0.374 e. The molecule has 0 aliphatic heterocycles. The maximum absolute atomic E-state index is 5.23. The van der Waals surface area contributed by atoms with Crippen molar-refractivity contribution in [3.63, 3.8) is 0 Å². The number of nitrogens with one attached hydrogen (secondary N) is 1. The minimum Gasteiger partial charge on any atom is -0.374 e. The van der Waals surface area contributed by atoms with Gasteiger partial charge in [-0.1, -0.05) is 48.6 Å². The summed E-state index contributed by atoms with van der Waals surface area (Å²) in [6, 6.07) is 10.2. The summed E-state index contributed by atoms with van der Waals surface area (Å²) in [4.78, 5) is 0.927. The predicted molar refractivity (Wildman–Crippen MR) is 64.7 cm³/mol. The number of para-hydroxylation sites is 1. The second-order valence-corrected chi connectivity index (χ2v) is 3.61. The van der Waals surface area contributed by atoms with Gasteiger partial charge in [-0.2, -0.15) is 0 Å². The average molecular weight is 201 g/mol. The third-order valence-corrected chi connectivity index (χ3v) is 2.47. The van der Waals surface area contributed by atoms with Gasteiger partial charge in [0.05, 0.1) is 6.04 Å². The van der Waals surface area contributed by atoms with Crippen LogP contribution in [0, 0.1) is 0 Å². The standard InChI is InChI=1S/C12H11NS/c14-12-9-5-4-8-11(12)13-10-6-2-1-3-7-10/h1-9,11,13H. The zero-order valence-electron chi connectivity index (χ0n) is 7.68. The van der Waals surface area contributed by atoms with Crippen LogP contribution in [-0.4, -0.2) is 10.9 Å². The fourth-order valence-electron chi connectivity index (χ4n) is 1.36. The summed E-state index contributed by atoms with van der Waals surface area (Å²) in [5.41, 5.74) is 1.10. The van der Waals surface area contributed by atoms with Gasteiger partial charge in [-0.3, -0.25) is 0 Å². The van der Waals surface area contributed by atoms with E-state index in [9.17, 15) is 0 Å². The van der Waals surface area contributed by atoms with E-state index in [2.05, 4.69) is 11.4 Å². The minimum atomic E-state index is 0.150. The number of rotatable bonds is 2. The van der Waals surface area contributed by atoms with Crippen LogP contribution >= 0.6 is 12.2 Å². The van der Waals surface area contributed by atoms with Gasteiger partial charge in [0.2, 0.25) is 0 Å². The van der Waals surface area contributed by atoms with E-state index >= 15 is 0 Å². The van der Waals surface area contributed by atoms with Crippen molar-refractivity contribution in [3.8, 4) is 0 Å². The Hall–Kier alpha value is -1.41. The van der Waals surface area contributed by atoms with Crippen molar-refractivity contribution in [2.45, 2.75) is 6.04 Å². The summed E-state index contributed by atoms with van der Waals surface area (Å²) in [5, 5.41) is 3.35. The number of benzene rings is 1. The molecule has 1 aromatic carbocycles. The molecule has 2 rings (SSSR count). The minimum absolute atomic E-state index is 0.150. The molecule has 0 spiro atoms. The van der Waals surface area contributed by atoms with Crippen LogP contribution in [-0.2, 0) is 0 Å². The van der Waals surface area contributed by atoms with Crippen LogP contribution in [0.15, 0.2) is 54.6 Å². The fourth-order valence-corrected chi connectivity index (χ4v) is 1.57. The summed E-state index contributed by atoms with van der Waals surface area (Å²) in [7, 11) is 0. The van der Waals surface area contributed by atoms with Gasteiger partial charge >= 0.3 is 0 Å². The van der Waals surface area contributed by atoms with Gasteiger partial charge in [0.25, 0.3) is 0 Å². The van der Waals surface area contributed by atoms with Crippen LogP contribution < -0.4 is 5.32 Å². The Labute approximate surface area is 89.1 Å². The molecule has 14 heavy (non-hydrogen) atoms. The highest BCUT2D eigenvalue weighted by Gasteiger charge is 2.09. The summed E-state index contributed by atoms with van der Waals surface area (Å²) in [6.45, 7) is 0.